The summed E-state index contributed by atoms with van der Waals surface area (Å²) in [6.07, 6.45) is 0. The molecule has 1 heterocycles. The molecule has 4 heteroatoms. The Balaban J connectivity index is 2.26. The molecular weight excluding hydrogens is 141 g/mol. The molecule has 1 saturated heterocycles. The molecule has 64 valence electrons. The molecule has 0 radical (unpaired) electrons. The highest BCUT2D eigenvalue weighted by Crippen LogP contribution is 2.09. The summed E-state index contributed by atoms with van der Waals surface area (Å²) in [5.41, 5.74) is 0. The largest absolute Gasteiger partial charge is 0.459 e. The number of nitrogens with one attached hydrogen (secondary N) is 1. The van der Waals surface area contributed by atoms with Crippen LogP contribution in [0.25, 0.3) is 0 Å². The average Bonchev–Trinajstić information content (AvgIpc) is 1.84. The van der Waals surface area contributed by atoms with Gasteiger partial charge in [-0.25, -0.2) is 0 Å². The molecule has 0 aromatic heterocycles. The van der Waals surface area contributed by atoms with E-state index in [1.165, 1.54) is 0 Å². The third kappa shape index (κ3) is 3.23. The van der Waals surface area contributed by atoms with E-state index in [1.807, 2.05) is 0 Å². The molecule has 0 amide bonds. The van der Waals surface area contributed by atoms with Crippen LogP contribution in [0.15, 0.2) is 0 Å². The van der Waals surface area contributed by atoms with Gasteiger partial charge in [-0.3, -0.25) is 0 Å². The number of hydrogen-bond acceptors (Lipinski definition) is 3. The zero-order valence-corrected chi connectivity index (χ0v) is 7.30. The highest BCUT2D eigenvalue weighted by Gasteiger charge is 2.23. The Hall–Kier alpha value is -0.0551. The third-order valence-corrected chi connectivity index (χ3v) is 1.67. The summed E-state index contributed by atoms with van der Waals surface area (Å²) in [6.45, 7) is 7.60. The van der Waals surface area contributed by atoms with E-state index in [-0.39, 0.29) is 7.12 Å². The fraction of sp³-hybridized carbons (Fsp3) is 1.00. The zero-order valence-electron chi connectivity index (χ0n) is 7.30. The lowest BCUT2D eigenvalue weighted by Gasteiger charge is -2.20. The summed E-state index contributed by atoms with van der Waals surface area (Å²) in [5, 5.41) is 3.20. The van der Waals surface area contributed by atoms with Gasteiger partial charge >= 0.3 is 7.12 Å². The van der Waals surface area contributed by atoms with Crippen LogP contribution in [-0.2, 0) is 9.31 Å². The van der Waals surface area contributed by atoms with Crippen LogP contribution in [0.5, 0.6) is 0 Å². The van der Waals surface area contributed by atoms with Gasteiger partial charge in [0.15, 0.2) is 0 Å². The average molecular weight is 157 g/mol. The Kier molecular flexibility index (Phi) is 3.90. The van der Waals surface area contributed by atoms with Gasteiger partial charge in [0.05, 0.1) is 0 Å². The van der Waals surface area contributed by atoms with Crippen LogP contribution in [0, 0.1) is 0 Å². The van der Waals surface area contributed by atoms with Crippen LogP contribution in [-0.4, -0.2) is 33.4 Å². The van der Waals surface area contributed by atoms with E-state index in [9.17, 15) is 0 Å². The van der Waals surface area contributed by atoms with Crippen LogP contribution < -0.4 is 5.32 Å². The first-order valence-corrected chi connectivity index (χ1v) is 4.24. The predicted molar refractivity (Wildman–Crippen MR) is 45.6 cm³/mol. The van der Waals surface area contributed by atoms with Gasteiger partial charge in [-0.1, -0.05) is 13.8 Å². The van der Waals surface area contributed by atoms with Crippen molar-refractivity contribution in [3.05, 3.63) is 0 Å². The summed E-state index contributed by atoms with van der Waals surface area (Å²) in [5.74, 6) is 0.452. The lowest BCUT2D eigenvalue weighted by molar-refractivity contribution is 0.172. The smallest absolute Gasteiger partial charge is 0.410 e. The predicted octanol–water partition coefficient (Wildman–Crippen LogP) is 0.521. The zero-order chi connectivity index (χ0) is 8.10. The van der Waals surface area contributed by atoms with Crippen molar-refractivity contribution in [2.24, 2.45) is 0 Å². The Bertz CT molecular complexity index is 103. The van der Waals surface area contributed by atoms with Crippen molar-refractivity contribution in [3.63, 3.8) is 0 Å². The summed E-state index contributed by atoms with van der Waals surface area (Å²) in [4.78, 5) is 0. The summed E-state index contributed by atoms with van der Waals surface area (Å²) < 4.78 is 10.9. The van der Waals surface area contributed by atoms with Gasteiger partial charge in [0.1, 0.15) is 0 Å². The number of rotatable bonds is 1. The molecule has 0 bridgehead atoms. The molecule has 0 aromatic rings. The van der Waals surface area contributed by atoms with E-state index in [1.54, 1.807) is 0 Å². The second-order valence-electron chi connectivity index (χ2n) is 3.10. The second-order valence-corrected chi connectivity index (χ2v) is 3.10. The highest BCUT2D eigenvalue weighted by molar-refractivity contribution is 6.46. The fourth-order valence-electron chi connectivity index (χ4n) is 1.05. The molecule has 1 aliphatic rings. The maximum absolute atomic E-state index is 5.46. The fourth-order valence-corrected chi connectivity index (χ4v) is 1.05. The first-order chi connectivity index (χ1) is 5.30. The Morgan fingerprint density at radius 1 is 1.18 bits per heavy atom. The summed E-state index contributed by atoms with van der Waals surface area (Å²) in [6, 6.07) is 0. The Labute approximate surface area is 68.6 Å². The molecule has 0 spiro atoms. The van der Waals surface area contributed by atoms with Gasteiger partial charge in [-0.2, -0.15) is 0 Å². The van der Waals surface area contributed by atoms with Gasteiger partial charge in [0.25, 0.3) is 0 Å². The molecule has 0 atom stereocenters. The van der Waals surface area contributed by atoms with Gasteiger partial charge in [-0.05, 0) is 5.82 Å². The molecule has 3 nitrogen and oxygen atoms in total. The van der Waals surface area contributed by atoms with Crippen LogP contribution in [0.1, 0.15) is 13.8 Å². The minimum Gasteiger partial charge on any atom is -0.410 e. The second kappa shape index (κ2) is 4.75. The Morgan fingerprint density at radius 2 is 1.73 bits per heavy atom. The SMILES string of the molecule is CC(C)B1OCCNCCO1. The van der Waals surface area contributed by atoms with Crippen LogP contribution in [0.3, 0.4) is 0 Å². The molecule has 11 heavy (non-hydrogen) atoms. The first-order valence-electron chi connectivity index (χ1n) is 4.24. The molecule has 0 aliphatic carbocycles. The Morgan fingerprint density at radius 3 is 2.18 bits per heavy atom. The lowest BCUT2D eigenvalue weighted by Crippen LogP contribution is -2.37. The standard InChI is InChI=1S/C7H16BNO2/c1-7(2)8-10-5-3-9-4-6-11-8/h7,9H,3-6H2,1-2H3. The van der Waals surface area contributed by atoms with Crippen molar-refractivity contribution in [1.29, 1.82) is 0 Å². The van der Waals surface area contributed by atoms with Gasteiger partial charge in [0.2, 0.25) is 0 Å². The molecule has 1 fully saturated rings. The third-order valence-electron chi connectivity index (χ3n) is 1.67. The van der Waals surface area contributed by atoms with Gasteiger partial charge in [0, 0.05) is 26.3 Å². The normalized spacial score (nSPS) is 21.5. The van der Waals surface area contributed by atoms with E-state index >= 15 is 0 Å². The molecule has 0 saturated carbocycles. The van der Waals surface area contributed by atoms with Crippen molar-refractivity contribution < 1.29 is 9.31 Å². The van der Waals surface area contributed by atoms with Gasteiger partial charge < -0.3 is 14.6 Å². The molecule has 0 aromatic carbocycles. The van der Waals surface area contributed by atoms with Crippen molar-refractivity contribution in [2.75, 3.05) is 26.3 Å². The molecular formula is C7H16BNO2. The molecule has 0 unspecified atom stereocenters. The molecule has 1 aliphatic heterocycles. The van der Waals surface area contributed by atoms with Crippen LogP contribution >= 0.6 is 0 Å². The summed E-state index contributed by atoms with van der Waals surface area (Å²) >= 11 is 0. The molecule has 1 rings (SSSR count). The minimum atomic E-state index is -0.00269. The van der Waals surface area contributed by atoms with Crippen molar-refractivity contribution in [2.45, 2.75) is 19.7 Å². The lowest BCUT2D eigenvalue weighted by atomic mass is 9.74. The minimum absolute atomic E-state index is 0.00269. The van der Waals surface area contributed by atoms with E-state index < -0.39 is 0 Å². The topological polar surface area (TPSA) is 30.5 Å². The van der Waals surface area contributed by atoms with Crippen LogP contribution in [0.4, 0.5) is 0 Å². The molecule has 1 N–H and O–H groups in total. The highest BCUT2D eigenvalue weighted by atomic mass is 16.6. The summed E-state index contributed by atoms with van der Waals surface area (Å²) in [7, 11) is -0.00269. The van der Waals surface area contributed by atoms with Crippen molar-refractivity contribution >= 4 is 7.12 Å². The first kappa shape index (κ1) is 9.04. The van der Waals surface area contributed by atoms with Crippen LogP contribution in [0.2, 0.25) is 5.82 Å². The maximum Gasteiger partial charge on any atom is 0.459 e. The van der Waals surface area contributed by atoms with E-state index in [2.05, 4.69) is 19.2 Å². The van der Waals surface area contributed by atoms with E-state index in [0.717, 1.165) is 26.3 Å². The van der Waals surface area contributed by atoms with Crippen molar-refractivity contribution in [3.8, 4) is 0 Å². The monoisotopic (exact) mass is 157 g/mol. The number of hydrogen-bond donors (Lipinski definition) is 1. The quantitative estimate of drug-likeness (QED) is 0.563. The van der Waals surface area contributed by atoms with Crippen molar-refractivity contribution in [1.82, 2.24) is 5.32 Å². The van der Waals surface area contributed by atoms with E-state index in [4.69, 9.17) is 9.31 Å². The van der Waals surface area contributed by atoms with Gasteiger partial charge in [-0.15, -0.1) is 0 Å². The van der Waals surface area contributed by atoms with E-state index in [0.29, 0.717) is 5.82 Å². The maximum atomic E-state index is 5.46.